The van der Waals surface area contributed by atoms with E-state index in [1.165, 1.54) is 0 Å². The maximum atomic E-state index is 13.8. The molecule has 1 nitrogen and oxygen atoms in total. The molecule has 2 rings (SSSR count). The third-order valence-corrected chi connectivity index (χ3v) is 3.64. The summed E-state index contributed by atoms with van der Waals surface area (Å²) in [5.74, 6) is -1.52. The lowest BCUT2D eigenvalue weighted by atomic mass is 9.80. The fourth-order valence-electron chi connectivity index (χ4n) is 2.57. The smallest absolute Gasteiger partial charge is 0.162 e. The van der Waals surface area contributed by atoms with Gasteiger partial charge in [-0.3, -0.25) is 0 Å². The van der Waals surface area contributed by atoms with Gasteiger partial charge in [-0.05, 0) is 42.7 Å². The van der Waals surface area contributed by atoms with Crippen LogP contribution in [0.2, 0.25) is 0 Å². The molecule has 0 saturated heterocycles. The highest BCUT2D eigenvalue weighted by molar-refractivity contribution is 5.32. The van der Waals surface area contributed by atoms with Crippen LogP contribution >= 0.6 is 0 Å². The van der Waals surface area contributed by atoms with Gasteiger partial charge in [0.25, 0.3) is 0 Å². The Hall–Kier alpha value is -0.960. The van der Waals surface area contributed by atoms with E-state index < -0.39 is 23.2 Å². The van der Waals surface area contributed by atoms with Gasteiger partial charge in [-0.1, -0.05) is 19.1 Å². The van der Waals surface area contributed by atoms with Crippen molar-refractivity contribution in [3.05, 3.63) is 34.9 Å². The number of hydrogen-bond acceptors (Lipinski definition) is 1. The average Bonchev–Trinajstić information content (AvgIpc) is 2.56. The second-order valence-electron chi connectivity index (χ2n) is 5.02. The van der Waals surface area contributed by atoms with E-state index in [9.17, 15) is 13.9 Å². The van der Waals surface area contributed by atoms with Gasteiger partial charge in [-0.2, -0.15) is 0 Å². The Kier molecular flexibility index (Phi) is 2.74. The van der Waals surface area contributed by atoms with Gasteiger partial charge >= 0.3 is 0 Å². The average molecular weight is 226 g/mol. The molecule has 3 heteroatoms. The molecule has 0 spiro atoms. The summed E-state index contributed by atoms with van der Waals surface area (Å²) in [4.78, 5) is 0. The van der Waals surface area contributed by atoms with Crippen LogP contribution in [-0.2, 0) is 5.41 Å². The van der Waals surface area contributed by atoms with Gasteiger partial charge in [-0.25, -0.2) is 8.78 Å². The molecule has 88 valence electrons. The summed E-state index contributed by atoms with van der Waals surface area (Å²) in [5, 5.41) is 9.52. The first-order valence-corrected chi connectivity index (χ1v) is 5.57. The Balaban J connectivity index is 2.45. The number of rotatable bonds is 1. The third kappa shape index (κ3) is 1.73. The zero-order valence-corrected chi connectivity index (χ0v) is 9.56. The molecule has 0 bridgehead atoms. The minimum absolute atomic E-state index is 0.323. The SMILES string of the molecule is Cc1ccc(C2(C)CCC(O)C2)c(F)c1F. The number of aryl methyl sites for hydroxylation is 1. The summed E-state index contributed by atoms with van der Waals surface area (Å²) in [7, 11) is 0. The molecule has 1 fully saturated rings. The zero-order valence-electron chi connectivity index (χ0n) is 9.56. The van der Waals surface area contributed by atoms with Crippen LogP contribution in [0.15, 0.2) is 12.1 Å². The van der Waals surface area contributed by atoms with Gasteiger partial charge in [0.15, 0.2) is 11.6 Å². The van der Waals surface area contributed by atoms with Crippen LogP contribution in [0.25, 0.3) is 0 Å². The molecule has 0 aliphatic heterocycles. The molecule has 16 heavy (non-hydrogen) atoms. The van der Waals surface area contributed by atoms with Gasteiger partial charge in [0.2, 0.25) is 0 Å². The molecular formula is C13H16F2O. The number of aliphatic hydroxyl groups excluding tert-OH is 1. The number of aliphatic hydroxyl groups is 1. The standard InChI is InChI=1S/C13H16F2O/c1-8-3-4-10(12(15)11(8)14)13(2)6-5-9(16)7-13/h3-4,9,16H,5-7H2,1-2H3. The van der Waals surface area contributed by atoms with Gasteiger partial charge in [0.05, 0.1) is 6.10 Å². The molecule has 1 saturated carbocycles. The van der Waals surface area contributed by atoms with Crippen LogP contribution in [0.5, 0.6) is 0 Å². The van der Waals surface area contributed by atoms with Crippen molar-refractivity contribution in [2.24, 2.45) is 0 Å². The molecule has 1 aromatic rings. The first-order valence-electron chi connectivity index (χ1n) is 5.57. The maximum Gasteiger partial charge on any atom is 0.162 e. The topological polar surface area (TPSA) is 20.2 Å². The van der Waals surface area contributed by atoms with E-state index in [0.717, 1.165) is 0 Å². The molecule has 0 amide bonds. The van der Waals surface area contributed by atoms with E-state index in [0.29, 0.717) is 30.4 Å². The van der Waals surface area contributed by atoms with Gasteiger partial charge in [-0.15, -0.1) is 0 Å². The quantitative estimate of drug-likeness (QED) is 0.780. The Morgan fingerprint density at radius 3 is 2.56 bits per heavy atom. The highest BCUT2D eigenvalue weighted by Crippen LogP contribution is 2.42. The van der Waals surface area contributed by atoms with Crippen LogP contribution in [0.4, 0.5) is 8.78 Å². The molecule has 2 unspecified atom stereocenters. The maximum absolute atomic E-state index is 13.8. The van der Waals surface area contributed by atoms with Crippen molar-refractivity contribution in [1.29, 1.82) is 0 Å². The Morgan fingerprint density at radius 2 is 2.00 bits per heavy atom. The number of hydrogen-bond donors (Lipinski definition) is 1. The molecule has 1 N–H and O–H groups in total. The first kappa shape index (κ1) is 11.5. The lowest BCUT2D eigenvalue weighted by Crippen LogP contribution is -2.21. The summed E-state index contributed by atoms with van der Waals surface area (Å²) in [5.41, 5.74) is 0.286. The molecule has 0 heterocycles. The first-order chi connectivity index (χ1) is 7.44. The summed E-state index contributed by atoms with van der Waals surface area (Å²) >= 11 is 0. The normalized spacial score (nSPS) is 29.7. The van der Waals surface area contributed by atoms with E-state index in [4.69, 9.17) is 0 Å². The van der Waals surface area contributed by atoms with Crippen molar-refractivity contribution >= 4 is 0 Å². The minimum Gasteiger partial charge on any atom is -0.393 e. The van der Waals surface area contributed by atoms with E-state index in [1.54, 1.807) is 19.1 Å². The van der Waals surface area contributed by atoms with Crippen molar-refractivity contribution in [1.82, 2.24) is 0 Å². The van der Waals surface area contributed by atoms with Crippen LogP contribution in [-0.4, -0.2) is 11.2 Å². The van der Waals surface area contributed by atoms with Crippen LogP contribution in [0.3, 0.4) is 0 Å². The van der Waals surface area contributed by atoms with Crippen molar-refractivity contribution in [3.8, 4) is 0 Å². The van der Waals surface area contributed by atoms with E-state index >= 15 is 0 Å². The Bertz CT molecular complexity index is 417. The molecule has 1 aromatic carbocycles. The fourth-order valence-corrected chi connectivity index (χ4v) is 2.57. The van der Waals surface area contributed by atoms with Crippen LogP contribution in [0, 0.1) is 18.6 Å². The lowest BCUT2D eigenvalue weighted by Gasteiger charge is -2.25. The predicted octanol–water partition coefficient (Wildman–Crippen LogP) is 3.08. The van der Waals surface area contributed by atoms with E-state index in [-0.39, 0.29) is 0 Å². The van der Waals surface area contributed by atoms with Crippen LogP contribution < -0.4 is 0 Å². The van der Waals surface area contributed by atoms with Gasteiger partial charge < -0.3 is 5.11 Å². The van der Waals surface area contributed by atoms with E-state index in [2.05, 4.69) is 0 Å². The molecule has 0 radical (unpaired) electrons. The second-order valence-corrected chi connectivity index (χ2v) is 5.02. The molecule has 0 aromatic heterocycles. The summed E-state index contributed by atoms with van der Waals surface area (Å²) < 4.78 is 27.3. The van der Waals surface area contributed by atoms with Crippen LogP contribution in [0.1, 0.15) is 37.3 Å². The number of halogens is 2. The molecule has 1 aliphatic rings. The highest BCUT2D eigenvalue weighted by atomic mass is 19.2. The van der Waals surface area contributed by atoms with Gasteiger partial charge in [0, 0.05) is 0 Å². The van der Waals surface area contributed by atoms with E-state index in [1.807, 2.05) is 6.92 Å². The minimum atomic E-state index is -0.764. The van der Waals surface area contributed by atoms with Crippen molar-refractivity contribution < 1.29 is 13.9 Å². The van der Waals surface area contributed by atoms with Gasteiger partial charge in [0.1, 0.15) is 0 Å². The lowest BCUT2D eigenvalue weighted by molar-refractivity contribution is 0.174. The van der Waals surface area contributed by atoms with Crippen molar-refractivity contribution in [2.45, 2.75) is 44.6 Å². The second kappa shape index (κ2) is 3.81. The summed E-state index contributed by atoms with van der Waals surface area (Å²) in [6.07, 6.45) is 1.47. The number of benzene rings is 1. The van der Waals surface area contributed by atoms with Crippen molar-refractivity contribution in [3.63, 3.8) is 0 Å². The Morgan fingerprint density at radius 1 is 1.31 bits per heavy atom. The predicted molar refractivity (Wildman–Crippen MR) is 58.3 cm³/mol. The third-order valence-electron chi connectivity index (χ3n) is 3.64. The summed E-state index contributed by atoms with van der Waals surface area (Å²) in [6, 6.07) is 3.25. The Labute approximate surface area is 94.1 Å². The summed E-state index contributed by atoms with van der Waals surface area (Å²) in [6.45, 7) is 3.43. The van der Waals surface area contributed by atoms with Crippen molar-refractivity contribution in [2.75, 3.05) is 0 Å². The fraction of sp³-hybridized carbons (Fsp3) is 0.538. The molecular weight excluding hydrogens is 210 g/mol. The molecule has 1 aliphatic carbocycles. The highest BCUT2D eigenvalue weighted by Gasteiger charge is 2.38. The largest absolute Gasteiger partial charge is 0.393 e. The molecule has 2 atom stereocenters. The zero-order chi connectivity index (χ0) is 11.9. The monoisotopic (exact) mass is 226 g/mol.